The van der Waals surface area contributed by atoms with Gasteiger partial charge in [0, 0.05) is 12.4 Å². The van der Waals surface area contributed by atoms with Gasteiger partial charge < -0.3 is 5.32 Å². The third-order valence-electron chi connectivity index (χ3n) is 2.80. The molecule has 0 aliphatic heterocycles. The fourth-order valence-electron chi connectivity index (χ4n) is 1.95. The average Bonchev–Trinajstić information content (AvgIpc) is 2.35. The first kappa shape index (κ1) is 12.6. The molecule has 1 aromatic carbocycles. The van der Waals surface area contributed by atoms with Crippen LogP contribution in [0, 0.1) is 18.6 Å². The first-order chi connectivity index (χ1) is 8.61. The SMILES string of the molecule is CNC(c1cncc(C)c1)c1ccc(F)c(F)c1. The molecule has 0 aliphatic rings. The Morgan fingerprint density at radius 3 is 2.44 bits per heavy atom. The van der Waals surface area contributed by atoms with Crippen LogP contribution in [0.15, 0.2) is 36.7 Å². The van der Waals surface area contributed by atoms with Gasteiger partial charge in [-0.1, -0.05) is 12.1 Å². The zero-order chi connectivity index (χ0) is 13.1. The van der Waals surface area contributed by atoms with Crippen LogP contribution in [0.5, 0.6) is 0 Å². The maximum absolute atomic E-state index is 13.3. The van der Waals surface area contributed by atoms with Gasteiger partial charge >= 0.3 is 0 Å². The lowest BCUT2D eigenvalue weighted by Crippen LogP contribution is -2.18. The van der Waals surface area contributed by atoms with Crippen molar-refractivity contribution in [3.8, 4) is 0 Å². The van der Waals surface area contributed by atoms with Crippen LogP contribution in [0.25, 0.3) is 0 Å². The van der Waals surface area contributed by atoms with Crippen molar-refractivity contribution in [3.05, 3.63) is 65.0 Å². The number of hydrogen-bond donors (Lipinski definition) is 1. The predicted molar refractivity (Wildman–Crippen MR) is 66.2 cm³/mol. The molecule has 1 unspecified atom stereocenters. The largest absolute Gasteiger partial charge is 0.309 e. The van der Waals surface area contributed by atoms with E-state index in [0.29, 0.717) is 5.56 Å². The van der Waals surface area contributed by atoms with Crippen LogP contribution < -0.4 is 5.32 Å². The number of nitrogens with zero attached hydrogens (tertiary/aromatic N) is 1. The molecule has 2 aromatic rings. The van der Waals surface area contributed by atoms with Crippen molar-refractivity contribution in [1.29, 1.82) is 0 Å². The van der Waals surface area contributed by atoms with Gasteiger partial charge in [-0.2, -0.15) is 0 Å². The van der Waals surface area contributed by atoms with Crippen LogP contribution in [-0.2, 0) is 0 Å². The number of nitrogens with one attached hydrogen (secondary N) is 1. The topological polar surface area (TPSA) is 24.9 Å². The van der Waals surface area contributed by atoms with Crippen molar-refractivity contribution in [1.82, 2.24) is 10.3 Å². The molecule has 2 nitrogen and oxygen atoms in total. The molecule has 1 heterocycles. The maximum Gasteiger partial charge on any atom is 0.159 e. The Morgan fingerprint density at radius 1 is 1.06 bits per heavy atom. The molecule has 0 saturated carbocycles. The zero-order valence-corrected chi connectivity index (χ0v) is 10.2. The summed E-state index contributed by atoms with van der Waals surface area (Å²) in [5, 5.41) is 3.08. The van der Waals surface area contributed by atoms with Gasteiger partial charge in [-0.15, -0.1) is 0 Å². The maximum atomic E-state index is 13.3. The standard InChI is InChI=1S/C14H14F2N2/c1-9-5-11(8-18-7-9)14(17-2)10-3-4-12(15)13(16)6-10/h3-8,14,17H,1-2H3. The summed E-state index contributed by atoms with van der Waals surface area (Å²) in [6, 6.07) is 5.68. The van der Waals surface area contributed by atoms with E-state index in [0.717, 1.165) is 17.2 Å². The van der Waals surface area contributed by atoms with Gasteiger partial charge in [-0.25, -0.2) is 8.78 Å². The van der Waals surface area contributed by atoms with E-state index in [2.05, 4.69) is 10.3 Å². The Bertz CT molecular complexity index is 555. The number of rotatable bonds is 3. The second-order valence-electron chi connectivity index (χ2n) is 4.19. The summed E-state index contributed by atoms with van der Waals surface area (Å²) in [5.74, 6) is -1.68. The summed E-state index contributed by atoms with van der Waals surface area (Å²) in [6.45, 7) is 1.94. The monoisotopic (exact) mass is 248 g/mol. The second-order valence-corrected chi connectivity index (χ2v) is 4.19. The number of aryl methyl sites for hydroxylation is 1. The highest BCUT2D eigenvalue weighted by Gasteiger charge is 2.14. The molecular formula is C14H14F2N2. The summed E-state index contributed by atoms with van der Waals surface area (Å²) in [4.78, 5) is 4.11. The van der Waals surface area contributed by atoms with E-state index < -0.39 is 11.6 Å². The van der Waals surface area contributed by atoms with Crippen molar-refractivity contribution in [2.75, 3.05) is 7.05 Å². The summed E-state index contributed by atoms with van der Waals surface area (Å²) in [6.07, 6.45) is 3.47. The number of halogens is 2. The van der Waals surface area contributed by atoms with Crippen LogP contribution >= 0.6 is 0 Å². The number of aromatic nitrogens is 1. The predicted octanol–water partition coefficient (Wildman–Crippen LogP) is 2.98. The third-order valence-corrected chi connectivity index (χ3v) is 2.80. The van der Waals surface area contributed by atoms with Gasteiger partial charge in [0.2, 0.25) is 0 Å². The lowest BCUT2D eigenvalue weighted by Gasteiger charge is -2.17. The van der Waals surface area contributed by atoms with E-state index in [1.54, 1.807) is 25.5 Å². The molecule has 1 N–H and O–H groups in total. The molecule has 0 amide bonds. The Balaban J connectivity index is 2.42. The summed E-state index contributed by atoms with van der Waals surface area (Å²) in [7, 11) is 1.77. The molecule has 0 aliphatic carbocycles. The molecule has 0 fully saturated rings. The Kier molecular flexibility index (Phi) is 3.67. The van der Waals surface area contributed by atoms with Crippen molar-refractivity contribution < 1.29 is 8.78 Å². The number of hydrogen-bond acceptors (Lipinski definition) is 2. The lowest BCUT2D eigenvalue weighted by molar-refractivity contribution is 0.505. The van der Waals surface area contributed by atoms with Crippen molar-refractivity contribution in [2.45, 2.75) is 13.0 Å². The molecule has 2 rings (SSSR count). The van der Waals surface area contributed by atoms with Crippen molar-refractivity contribution in [3.63, 3.8) is 0 Å². The second kappa shape index (κ2) is 5.23. The van der Waals surface area contributed by atoms with E-state index in [-0.39, 0.29) is 6.04 Å². The highest BCUT2D eigenvalue weighted by atomic mass is 19.2. The fraction of sp³-hybridized carbons (Fsp3) is 0.214. The molecule has 1 atom stereocenters. The summed E-state index contributed by atoms with van der Waals surface area (Å²) in [5.41, 5.74) is 2.61. The highest BCUT2D eigenvalue weighted by Crippen LogP contribution is 2.23. The van der Waals surface area contributed by atoms with E-state index in [1.165, 1.54) is 6.07 Å². The Labute approximate surface area is 105 Å². The lowest BCUT2D eigenvalue weighted by atomic mass is 9.99. The molecule has 0 bridgehead atoms. The minimum atomic E-state index is -0.839. The van der Waals surface area contributed by atoms with Crippen LogP contribution in [0.2, 0.25) is 0 Å². The van der Waals surface area contributed by atoms with E-state index in [4.69, 9.17) is 0 Å². The van der Waals surface area contributed by atoms with Gasteiger partial charge in [0.25, 0.3) is 0 Å². The molecule has 94 valence electrons. The summed E-state index contributed by atoms with van der Waals surface area (Å²) >= 11 is 0. The van der Waals surface area contributed by atoms with Crippen LogP contribution in [0.4, 0.5) is 8.78 Å². The molecule has 1 aromatic heterocycles. The van der Waals surface area contributed by atoms with Gasteiger partial charge in [0.1, 0.15) is 0 Å². The molecule has 4 heteroatoms. The minimum Gasteiger partial charge on any atom is -0.309 e. The fourth-order valence-corrected chi connectivity index (χ4v) is 1.95. The molecule has 0 spiro atoms. The first-order valence-corrected chi connectivity index (χ1v) is 5.65. The van der Waals surface area contributed by atoms with E-state index in [9.17, 15) is 8.78 Å². The quantitative estimate of drug-likeness (QED) is 0.903. The number of pyridine rings is 1. The van der Waals surface area contributed by atoms with Crippen LogP contribution in [-0.4, -0.2) is 12.0 Å². The molecular weight excluding hydrogens is 234 g/mol. The normalized spacial score (nSPS) is 12.4. The third kappa shape index (κ3) is 2.54. The molecule has 18 heavy (non-hydrogen) atoms. The molecule has 0 radical (unpaired) electrons. The Hall–Kier alpha value is -1.81. The van der Waals surface area contributed by atoms with E-state index >= 15 is 0 Å². The number of benzene rings is 1. The van der Waals surface area contributed by atoms with Gasteiger partial charge in [0.05, 0.1) is 6.04 Å². The Morgan fingerprint density at radius 2 is 1.83 bits per heavy atom. The summed E-state index contributed by atoms with van der Waals surface area (Å²) < 4.78 is 26.2. The first-order valence-electron chi connectivity index (χ1n) is 5.65. The van der Waals surface area contributed by atoms with Gasteiger partial charge in [-0.3, -0.25) is 4.98 Å². The molecule has 0 saturated heterocycles. The smallest absolute Gasteiger partial charge is 0.159 e. The van der Waals surface area contributed by atoms with Crippen molar-refractivity contribution in [2.24, 2.45) is 0 Å². The van der Waals surface area contributed by atoms with Crippen LogP contribution in [0.3, 0.4) is 0 Å². The zero-order valence-electron chi connectivity index (χ0n) is 10.2. The van der Waals surface area contributed by atoms with E-state index in [1.807, 2.05) is 13.0 Å². The van der Waals surface area contributed by atoms with Crippen LogP contribution in [0.1, 0.15) is 22.7 Å². The average molecular weight is 248 g/mol. The van der Waals surface area contributed by atoms with Gasteiger partial charge in [-0.05, 0) is 42.8 Å². The highest BCUT2D eigenvalue weighted by molar-refractivity contribution is 5.32. The minimum absolute atomic E-state index is 0.201. The van der Waals surface area contributed by atoms with Gasteiger partial charge in [0.15, 0.2) is 11.6 Å². The van der Waals surface area contributed by atoms with Crippen molar-refractivity contribution >= 4 is 0 Å².